The van der Waals surface area contributed by atoms with E-state index in [4.69, 9.17) is 0 Å². The van der Waals surface area contributed by atoms with Gasteiger partial charge < -0.3 is 15.4 Å². The molecule has 3 aromatic rings. The van der Waals surface area contributed by atoms with Crippen LogP contribution in [-0.4, -0.2) is 42.9 Å². The lowest BCUT2D eigenvalue weighted by Crippen LogP contribution is -2.56. The summed E-state index contributed by atoms with van der Waals surface area (Å²) in [5.41, 5.74) is 2.03. The molecule has 1 aliphatic carbocycles. The summed E-state index contributed by atoms with van der Waals surface area (Å²) in [6.07, 6.45) is 4.79. The molecule has 7 nitrogen and oxygen atoms in total. The average Bonchev–Trinajstić information content (AvgIpc) is 3.14. The average molecular weight is 329 g/mol. The van der Waals surface area contributed by atoms with Gasteiger partial charge in [0.2, 0.25) is 0 Å². The van der Waals surface area contributed by atoms with Crippen molar-refractivity contribution in [3.05, 3.63) is 47.8 Å². The first-order valence-electron chi connectivity index (χ1n) is 7.65. The van der Waals surface area contributed by atoms with Crippen LogP contribution in [0.25, 0.3) is 11.0 Å². The number of fused-ring (bicyclic) bond motifs is 1. The largest absolute Gasteiger partial charge is 0.391 e. The predicted octanol–water partition coefficient (Wildman–Crippen LogP) is 1.31. The molecule has 8 heteroatoms. The van der Waals surface area contributed by atoms with Crippen LogP contribution in [0, 0.1) is 12.7 Å². The van der Waals surface area contributed by atoms with Crippen LogP contribution in [0.1, 0.15) is 28.4 Å². The van der Waals surface area contributed by atoms with Crippen molar-refractivity contribution in [3.63, 3.8) is 0 Å². The van der Waals surface area contributed by atoms with Crippen molar-refractivity contribution >= 4 is 16.9 Å². The van der Waals surface area contributed by atoms with Gasteiger partial charge in [-0.05, 0) is 31.0 Å². The highest BCUT2D eigenvalue weighted by molar-refractivity contribution is 6.05. The van der Waals surface area contributed by atoms with Gasteiger partial charge in [0.15, 0.2) is 0 Å². The van der Waals surface area contributed by atoms with E-state index in [1.807, 2.05) is 13.1 Å². The Hall–Kier alpha value is -2.74. The maximum atomic E-state index is 13.7. The molecule has 0 bridgehead atoms. The number of carbonyl (C=O) groups is 1. The number of aliphatic hydroxyl groups is 1. The SMILES string of the molecule is Cc1cnn([C@H]2[C@H](O)C[C@@H]2NC(=O)c2cc(F)cc3[nH]cnc23)c1. The summed E-state index contributed by atoms with van der Waals surface area (Å²) in [4.78, 5) is 19.4. The van der Waals surface area contributed by atoms with E-state index in [1.165, 1.54) is 18.5 Å². The molecule has 1 saturated carbocycles. The van der Waals surface area contributed by atoms with Crippen molar-refractivity contribution in [2.45, 2.75) is 31.5 Å². The molecule has 1 fully saturated rings. The molecule has 2 heterocycles. The molecule has 4 rings (SSSR count). The lowest BCUT2D eigenvalue weighted by Gasteiger charge is -2.41. The van der Waals surface area contributed by atoms with E-state index in [9.17, 15) is 14.3 Å². The van der Waals surface area contributed by atoms with E-state index in [0.717, 1.165) is 5.56 Å². The van der Waals surface area contributed by atoms with Crippen molar-refractivity contribution in [2.75, 3.05) is 0 Å². The highest BCUT2D eigenvalue weighted by atomic mass is 19.1. The number of imidazole rings is 1. The van der Waals surface area contributed by atoms with Gasteiger partial charge in [0.1, 0.15) is 11.3 Å². The van der Waals surface area contributed by atoms with Gasteiger partial charge in [-0.15, -0.1) is 0 Å². The minimum Gasteiger partial charge on any atom is -0.391 e. The summed E-state index contributed by atoms with van der Waals surface area (Å²) >= 11 is 0. The Labute approximate surface area is 136 Å². The molecular formula is C16H16FN5O2. The van der Waals surface area contributed by atoms with Gasteiger partial charge in [-0.3, -0.25) is 9.48 Å². The fraction of sp³-hybridized carbons (Fsp3) is 0.312. The molecule has 3 atom stereocenters. The molecule has 1 aromatic carbocycles. The van der Waals surface area contributed by atoms with Crippen LogP contribution < -0.4 is 5.32 Å². The maximum Gasteiger partial charge on any atom is 0.253 e. The third-order valence-corrected chi connectivity index (χ3v) is 4.39. The minimum absolute atomic E-state index is 0.169. The van der Waals surface area contributed by atoms with Crippen LogP contribution in [0.5, 0.6) is 0 Å². The monoisotopic (exact) mass is 329 g/mol. The lowest BCUT2D eigenvalue weighted by atomic mass is 9.83. The Kier molecular flexibility index (Phi) is 3.34. The number of H-pyrrole nitrogens is 1. The zero-order valence-corrected chi connectivity index (χ0v) is 12.9. The van der Waals surface area contributed by atoms with E-state index < -0.39 is 17.8 Å². The van der Waals surface area contributed by atoms with Crippen LogP contribution in [0.15, 0.2) is 30.9 Å². The van der Waals surface area contributed by atoms with Gasteiger partial charge in [-0.25, -0.2) is 9.37 Å². The second-order valence-electron chi connectivity index (χ2n) is 6.12. The summed E-state index contributed by atoms with van der Waals surface area (Å²) in [5, 5.41) is 17.1. The number of benzene rings is 1. The minimum atomic E-state index is -0.576. The quantitative estimate of drug-likeness (QED) is 0.675. The Bertz CT molecular complexity index is 918. The van der Waals surface area contributed by atoms with Crippen LogP contribution in [0.4, 0.5) is 4.39 Å². The molecule has 2 aromatic heterocycles. The number of halogens is 1. The predicted molar refractivity (Wildman–Crippen MR) is 83.9 cm³/mol. The summed E-state index contributed by atoms with van der Waals surface area (Å²) in [6, 6.07) is 1.86. The van der Waals surface area contributed by atoms with Crippen LogP contribution in [0.2, 0.25) is 0 Å². The van der Waals surface area contributed by atoms with Crippen LogP contribution >= 0.6 is 0 Å². The van der Waals surface area contributed by atoms with Gasteiger partial charge in [0.25, 0.3) is 5.91 Å². The molecular weight excluding hydrogens is 313 g/mol. The first kappa shape index (κ1) is 14.8. The molecule has 0 unspecified atom stereocenters. The van der Waals surface area contributed by atoms with Gasteiger partial charge in [0.05, 0.1) is 41.8 Å². The van der Waals surface area contributed by atoms with Gasteiger partial charge in [-0.1, -0.05) is 0 Å². The fourth-order valence-electron chi connectivity index (χ4n) is 3.15. The number of rotatable bonds is 3. The third-order valence-electron chi connectivity index (χ3n) is 4.39. The Morgan fingerprint density at radius 1 is 1.50 bits per heavy atom. The molecule has 0 spiro atoms. The number of nitrogens with one attached hydrogen (secondary N) is 2. The normalized spacial score (nSPS) is 23.2. The Morgan fingerprint density at radius 3 is 3.04 bits per heavy atom. The summed E-state index contributed by atoms with van der Waals surface area (Å²) in [6.45, 7) is 1.91. The molecule has 1 amide bonds. The molecule has 24 heavy (non-hydrogen) atoms. The van der Waals surface area contributed by atoms with Crippen molar-refractivity contribution in [1.82, 2.24) is 25.1 Å². The number of hydrogen-bond acceptors (Lipinski definition) is 4. The van der Waals surface area contributed by atoms with Crippen LogP contribution in [-0.2, 0) is 0 Å². The van der Waals surface area contributed by atoms with Crippen molar-refractivity contribution in [3.8, 4) is 0 Å². The van der Waals surface area contributed by atoms with Crippen molar-refractivity contribution < 1.29 is 14.3 Å². The fourth-order valence-corrected chi connectivity index (χ4v) is 3.15. The number of aryl methyl sites for hydroxylation is 1. The summed E-state index contributed by atoms with van der Waals surface area (Å²) in [5.74, 6) is -0.929. The highest BCUT2D eigenvalue weighted by Gasteiger charge is 2.43. The number of aromatic nitrogens is 4. The molecule has 0 saturated heterocycles. The zero-order valence-electron chi connectivity index (χ0n) is 12.9. The number of carbonyl (C=O) groups excluding carboxylic acids is 1. The standard InChI is InChI=1S/C16H16FN5O2/c1-8-5-20-22(6-8)15-12(4-13(15)23)21-16(24)10-2-9(17)3-11-14(10)19-7-18-11/h2-3,5-7,12-13,15,23H,4H2,1H3,(H,18,19)(H,21,24)/t12-,13+,15+/m0/s1. The van der Waals surface area contributed by atoms with E-state index in [2.05, 4.69) is 20.4 Å². The van der Waals surface area contributed by atoms with Gasteiger partial charge >= 0.3 is 0 Å². The van der Waals surface area contributed by atoms with E-state index in [1.54, 1.807) is 10.9 Å². The molecule has 3 N–H and O–H groups in total. The first-order chi connectivity index (χ1) is 11.5. The first-order valence-corrected chi connectivity index (χ1v) is 7.65. The van der Waals surface area contributed by atoms with E-state index in [0.29, 0.717) is 17.5 Å². The Balaban J connectivity index is 1.58. The smallest absolute Gasteiger partial charge is 0.253 e. The molecule has 0 aliphatic heterocycles. The Morgan fingerprint density at radius 2 is 2.33 bits per heavy atom. The molecule has 1 aliphatic rings. The number of aromatic amines is 1. The number of aliphatic hydroxyl groups excluding tert-OH is 1. The van der Waals surface area contributed by atoms with Gasteiger partial charge in [-0.2, -0.15) is 5.10 Å². The van der Waals surface area contributed by atoms with E-state index >= 15 is 0 Å². The second-order valence-corrected chi connectivity index (χ2v) is 6.12. The number of amides is 1. The molecule has 0 radical (unpaired) electrons. The van der Waals surface area contributed by atoms with E-state index in [-0.39, 0.29) is 17.6 Å². The number of hydrogen-bond donors (Lipinski definition) is 3. The topological polar surface area (TPSA) is 95.8 Å². The highest BCUT2D eigenvalue weighted by Crippen LogP contribution is 2.33. The third kappa shape index (κ3) is 2.35. The van der Waals surface area contributed by atoms with Crippen LogP contribution in [0.3, 0.4) is 0 Å². The van der Waals surface area contributed by atoms with Gasteiger partial charge in [0, 0.05) is 6.20 Å². The lowest BCUT2D eigenvalue weighted by molar-refractivity contribution is -0.00588. The second kappa shape index (κ2) is 5.41. The van der Waals surface area contributed by atoms with Crippen molar-refractivity contribution in [1.29, 1.82) is 0 Å². The molecule has 124 valence electrons. The zero-order chi connectivity index (χ0) is 16.8. The number of nitrogens with zero attached hydrogens (tertiary/aromatic N) is 3. The van der Waals surface area contributed by atoms with Crippen molar-refractivity contribution in [2.24, 2.45) is 0 Å². The summed E-state index contributed by atoms with van der Waals surface area (Å²) in [7, 11) is 0. The summed E-state index contributed by atoms with van der Waals surface area (Å²) < 4.78 is 15.3. The maximum absolute atomic E-state index is 13.7.